The highest BCUT2D eigenvalue weighted by atomic mass is 16.6. The summed E-state index contributed by atoms with van der Waals surface area (Å²) in [6, 6.07) is 7.48. The van der Waals surface area contributed by atoms with Gasteiger partial charge in [0.25, 0.3) is 0 Å². The lowest BCUT2D eigenvalue weighted by Crippen LogP contribution is -2.61. The molecule has 12 heteroatoms. The smallest absolute Gasteiger partial charge is 0.411 e. The van der Waals surface area contributed by atoms with Gasteiger partial charge < -0.3 is 42.8 Å². The van der Waals surface area contributed by atoms with Crippen molar-refractivity contribution in [3.05, 3.63) is 69.4 Å². The summed E-state index contributed by atoms with van der Waals surface area (Å²) in [6.45, 7) is 7.48. The highest BCUT2D eigenvalue weighted by Crippen LogP contribution is 2.55. The lowest BCUT2D eigenvalue weighted by molar-refractivity contribution is -0.141. The largest absolute Gasteiger partial charge is 0.497 e. The summed E-state index contributed by atoms with van der Waals surface area (Å²) in [7, 11) is 11.0. The van der Waals surface area contributed by atoms with Crippen molar-refractivity contribution in [1.82, 2.24) is 9.80 Å². The van der Waals surface area contributed by atoms with Gasteiger partial charge in [0.05, 0.1) is 62.4 Å². The van der Waals surface area contributed by atoms with Crippen molar-refractivity contribution >= 4 is 18.1 Å². The van der Waals surface area contributed by atoms with Crippen molar-refractivity contribution < 1.29 is 47.5 Å². The van der Waals surface area contributed by atoms with Crippen LogP contribution in [0.3, 0.4) is 0 Å². The summed E-state index contributed by atoms with van der Waals surface area (Å²) in [4.78, 5) is 32.3. The SMILES string of the molecule is COc1ccc(CN2C(=O)C3Cc4c(OC)c(C)c(OC)c(OC)c4C(/C2=C/c2cc(OC)c(OC)c(C)c2OC)N3C(=O)OC(C)C)cc1. The number of hydrogen-bond acceptors (Lipinski definition) is 10. The normalized spacial score (nSPS) is 17.4. The minimum Gasteiger partial charge on any atom is -0.497 e. The minimum absolute atomic E-state index is 0.160. The van der Waals surface area contributed by atoms with Crippen molar-refractivity contribution in [3.8, 4) is 40.2 Å². The summed E-state index contributed by atoms with van der Waals surface area (Å²) >= 11 is 0. The highest BCUT2D eigenvalue weighted by molar-refractivity contribution is 5.93. The summed E-state index contributed by atoms with van der Waals surface area (Å²) in [5.74, 6) is 3.32. The molecule has 0 N–H and O–H groups in total. The molecule has 0 radical (unpaired) electrons. The number of amides is 2. The number of fused-ring (bicyclic) bond motifs is 4. The Labute approximate surface area is 293 Å². The van der Waals surface area contributed by atoms with Crippen molar-refractivity contribution in [2.24, 2.45) is 0 Å². The Morgan fingerprint density at radius 1 is 0.800 bits per heavy atom. The average Bonchev–Trinajstić information content (AvgIpc) is 3.10. The molecular formula is C38H46N2O10. The zero-order chi connectivity index (χ0) is 36.4. The molecule has 1 fully saturated rings. The van der Waals surface area contributed by atoms with E-state index < -0.39 is 24.3 Å². The van der Waals surface area contributed by atoms with Crippen LogP contribution in [0.1, 0.15) is 53.3 Å². The molecule has 5 rings (SSSR count). The molecule has 0 spiro atoms. The maximum absolute atomic E-state index is 14.9. The first-order chi connectivity index (χ1) is 24.0. The molecule has 268 valence electrons. The predicted octanol–water partition coefficient (Wildman–Crippen LogP) is 6.26. The van der Waals surface area contributed by atoms with Crippen LogP contribution in [0.4, 0.5) is 4.79 Å². The van der Waals surface area contributed by atoms with Crippen LogP contribution >= 0.6 is 0 Å². The van der Waals surface area contributed by atoms with E-state index in [9.17, 15) is 9.59 Å². The minimum atomic E-state index is -0.922. The van der Waals surface area contributed by atoms with E-state index in [-0.39, 0.29) is 18.9 Å². The van der Waals surface area contributed by atoms with Gasteiger partial charge in [-0.05, 0) is 57.5 Å². The third-order valence-corrected chi connectivity index (χ3v) is 9.20. The fourth-order valence-corrected chi connectivity index (χ4v) is 7.11. The van der Waals surface area contributed by atoms with Gasteiger partial charge in [-0.15, -0.1) is 0 Å². The number of methoxy groups -OCH3 is 7. The van der Waals surface area contributed by atoms with Crippen molar-refractivity contribution in [2.45, 2.75) is 58.8 Å². The third kappa shape index (κ3) is 6.07. The number of ether oxygens (including phenoxy) is 8. The van der Waals surface area contributed by atoms with Gasteiger partial charge in [-0.2, -0.15) is 0 Å². The van der Waals surface area contributed by atoms with Crippen LogP contribution in [0.25, 0.3) is 6.08 Å². The molecule has 3 aromatic carbocycles. The predicted molar refractivity (Wildman–Crippen MR) is 187 cm³/mol. The number of piperazine rings is 1. The van der Waals surface area contributed by atoms with Gasteiger partial charge in [0.15, 0.2) is 23.0 Å². The Balaban J connectivity index is 1.90. The Hall–Kier alpha value is -5.26. The van der Waals surface area contributed by atoms with Crippen molar-refractivity contribution in [1.29, 1.82) is 0 Å². The summed E-state index contributed by atoms with van der Waals surface area (Å²) in [6.07, 6.45) is 0.923. The van der Waals surface area contributed by atoms with E-state index in [2.05, 4.69) is 0 Å². The van der Waals surface area contributed by atoms with E-state index >= 15 is 0 Å². The van der Waals surface area contributed by atoms with E-state index in [1.165, 1.54) is 4.90 Å². The second-order valence-corrected chi connectivity index (χ2v) is 12.3. The molecule has 2 amide bonds. The molecule has 2 atom stereocenters. The topological polar surface area (TPSA) is 114 Å². The van der Waals surface area contributed by atoms with Crippen LogP contribution in [0.2, 0.25) is 0 Å². The maximum atomic E-state index is 14.9. The number of rotatable bonds is 11. The lowest BCUT2D eigenvalue weighted by atomic mass is 9.80. The van der Waals surface area contributed by atoms with E-state index in [1.807, 2.05) is 44.2 Å². The van der Waals surface area contributed by atoms with Crippen LogP contribution in [-0.2, 0) is 22.5 Å². The first kappa shape index (κ1) is 36.0. The zero-order valence-electron chi connectivity index (χ0n) is 30.6. The number of hydrogen-bond donors (Lipinski definition) is 0. The van der Waals surface area contributed by atoms with Crippen molar-refractivity contribution in [2.75, 3.05) is 49.8 Å². The molecule has 50 heavy (non-hydrogen) atoms. The summed E-state index contributed by atoms with van der Waals surface area (Å²) in [5.41, 5.74) is 4.69. The molecule has 1 saturated heterocycles. The van der Waals surface area contributed by atoms with Crippen molar-refractivity contribution in [3.63, 3.8) is 0 Å². The molecule has 2 bridgehead atoms. The first-order valence-electron chi connectivity index (χ1n) is 16.3. The fourth-order valence-electron chi connectivity index (χ4n) is 7.11. The van der Waals surface area contributed by atoms with E-state index in [1.54, 1.807) is 74.6 Å². The lowest BCUT2D eigenvalue weighted by Gasteiger charge is -2.51. The number of benzene rings is 3. The molecule has 2 heterocycles. The van der Waals surface area contributed by atoms with E-state index in [0.717, 1.165) is 11.1 Å². The maximum Gasteiger partial charge on any atom is 0.411 e. The fraction of sp³-hybridized carbons (Fsp3) is 0.421. The van der Waals surface area contributed by atoms with Crippen LogP contribution in [0.15, 0.2) is 36.0 Å². The molecule has 0 aliphatic carbocycles. The monoisotopic (exact) mass is 690 g/mol. The number of carbonyl (C=O) groups excluding carboxylic acids is 2. The Morgan fingerprint density at radius 2 is 1.40 bits per heavy atom. The first-order valence-corrected chi connectivity index (χ1v) is 16.3. The molecule has 2 aliphatic rings. The average molecular weight is 691 g/mol. The van der Waals surface area contributed by atoms with Crippen LogP contribution in [-0.4, -0.2) is 83.7 Å². The Bertz CT molecular complexity index is 1800. The highest BCUT2D eigenvalue weighted by Gasteiger charge is 2.54. The number of carbonyl (C=O) groups is 2. The van der Waals surface area contributed by atoms with Gasteiger partial charge >= 0.3 is 6.09 Å². The molecule has 12 nitrogen and oxygen atoms in total. The van der Waals surface area contributed by atoms with Gasteiger partial charge in [-0.25, -0.2) is 4.79 Å². The van der Waals surface area contributed by atoms with Gasteiger partial charge in [-0.3, -0.25) is 9.69 Å². The summed E-state index contributed by atoms with van der Waals surface area (Å²) in [5, 5.41) is 0. The molecule has 0 saturated carbocycles. The number of nitrogens with zero attached hydrogens (tertiary/aromatic N) is 2. The summed E-state index contributed by atoms with van der Waals surface area (Å²) < 4.78 is 46.5. The van der Waals surface area contributed by atoms with Crippen LogP contribution < -0.4 is 33.2 Å². The van der Waals surface area contributed by atoms with E-state index in [0.29, 0.717) is 68.2 Å². The third-order valence-electron chi connectivity index (χ3n) is 9.20. The van der Waals surface area contributed by atoms with Gasteiger partial charge in [0.1, 0.15) is 29.3 Å². The van der Waals surface area contributed by atoms with Gasteiger partial charge in [0, 0.05) is 39.9 Å². The quantitative estimate of drug-likeness (QED) is 0.228. The van der Waals surface area contributed by atoms with E-state index in [4.69, 9.17) is 37.9 Å². The van der Waals surface area contributed by atoms with Crippen LogP contribution in [0.5, 0.6) is 40.2 Å². The van der Waals surface area contributed by atoms with Gasteiger partial charge in [0.2, 0.25) is 5.91 Å². The Kier molecular flexibility index (Phi) is 10.6. The van der Waals surface area contributed by atoms with Gasteiger partial charge in [-0.1, -0.05) is 12.1 Å². The Morgan fingerprint density at radius 3 is 1.94 bits per heavy atom. The molecule has 2 unspecified atom stereocenters. The second kappa shape index (κ2) is 14.7. The zero-order valence-corrected chi connectivity index (χ0v) is 30.6. The molecular weight excluding hydrogens is 644 g/mol. The molecule has 3 aromatic rings. The molecule has 2 aliphatic heterocycles. The molecule has 0 aromatic heterocycles. The second-order valence-electron chi connectivity index (χ2n) is 12.3. The standard InChI is InChI=1S/C38H46N2O10/c1-20(2)50-38(42)40-28-18-26-30(36(49-11)35(48-10)22(4)33(26)46-8)31(40)27(39(37(28)41)19-23-12-14-25(43-5)15-13-23)16-24-17-29(44-6)34(47-9)21(3)32(24)45-7/h12-17,20,28,31H,18-19H2,1-11H3/b27-16-. The van der Waals surface area contributed by atoms with Crippen LogP contribution in [0, 0.1) is 13.8 Å².